The number of carbonyl (C=O) groups excluding carboxylic acids is 4. The van der Waals surface area contributed by atoms with Crippen molar-refractivity contribution in [2.24, 2.45) is 17.8 Å². The normalized spacial score (nSPS) is 14.1. The first-order valence-corrected chi connectivity index (χ1v) is 42.8. The third-order valence-electron chi connectivity index (χ3n) is 17.9. The molecule has 0 bridgehead atoms. The van der Waals surface area contributed by atoms with Gasteiger partial charge in [0, 0.05) is 25.7 Å². The molecule has 0 aliphatic rings. The van der Waals surface area contributed by atoms with E-state index in [-0.39, 0.29) is 25.7 Å². The van der Waals surface area contributed by atoms with Crippen molar-refractivity contribution in [2.45, 2.75) is 414 Å². The van der Waals surface area contributed by atoms with E-state index in [4.69, 9.17) is 37.0 Å². The summed E-state index contributed by atoms with van der Waals surface area (Å²) in [6.45, 7) is 11.8. The Labute approximate surface area is 588 Å². The van der Waals surface area contributed by atoms with Crippen molar-refractivity contribution in [3.8, 4) is 0 Å². The fourth-order valence-corrected chi connectivity index (χ4v) is 13.4. The smallest absolute Gasteiger partial charge is 0.462 e. The monoisotopic (exact) mass is 1410 g/mol. The van der Waals surface area contributed by atoms with Gasteiger partial charge in [-0.3, -0.25) is 37.3 Å². The van der Waals surface area contributed by atoms with Crippen LogP contribution in [0.2, 0.25) is 0 Å². The summed E-state index contributed by atoms with van der Waals surface area (Å²) < 4.78 is 68.5. The number of esters is 4. The summed E-state index contributed by atoms with van der Waals surface area (Å²) in [5.74, 6) is 0.0797. The number of hydrogen-bond donors (Lipinski definition) is 3. The molecular weight excluding hydrogens is 1260 g/mol. The van der Waals surface area contributed by atoms with Crippen LogP contribution in [0.25, 0.3) is 0 Å². The summed E-state index contributed by atoms with van der Waals surface area (Å²) in [5, 5.41) is 10.6. The Balaban J connectivity index is 5.21. The number of ether oxygens (including phenoxy) is 4. The number of phosphoric ester groups is 2. The van der Waals surface area contributed by atoms with Crippen molar-refractivity contribution in [1.82, 2.24) is 0 Å². The second-order valence-corrected chi connectivity index (χ2v) is 32.1. The van der Waals surface area contributed by atoms with E-state index in [2.05, 4.69) is 48.5 Å². The van der Waals surface area contributed by atoms with Crippen LogP contribution >= 0.6 is 15.6 Å². The molecule has 17 nitrogen and oxygen atoms in total. The fourth-order valence-electron chi connectivity index (χ4n) is 11.8. The lowest BCUT2D eigenvalue weighted by Crippen LogP contribution is -2.30. The zero-order valence-electron chi connectivity index (χ0n) is 62.8. The summed E-state index contributed by atoms with van der Waals surface area (Å²) >= 11 is 0. The third-order valence-corrected chi connectivity index (χ3v) is 19.8. The van der Waals surface area contributed by atoms with Gasteiger partial charge in [0.15, 0.2) is 12.2 Å². The molecule has 19 heteroatoms. The summed E-state index contributed by atoms with van der Waals surface area (Å²) in [7, 11) is -9.91. The minimum atomic E-state index is -4.96. The average Bonchev–Trinajstić information content (AvgIpc) is 1.28. The zero-order valence-corrected chi connectivity index (χ0v) is 64.6. The number of rotatable bonds is 75. The van der Waals surface area contributed by atoms with Crippen LogP contribution in [0.15, 0.2) is 0 Å². The van der Waals surface area contributed by atoms with Crippen molar-refractivity contribution in [2.75, 3.05) is 39.6 Å². The average molecular weight is 1410 g/mol. The molecule has 3 N–H and O–H groups in total. The van der Waals surface area contributed by atoms with Crippen LogP contribution in [0.5, 0.6) is 0 Å². The lowest BCUT2D eigenvalue weighted by Gasteiger charge is -2.21. The quantitative estimate of drug-likeness (QED) is 0.0222. The molecule has 0 aliphatic carbocycles. The van der Waals surface area contributed by atoms with Gasteiger partial charge in [0.2, 0.25) is 0 Å². The molecule has 0 spiro atoms. The van der Waals surface area contributed by atoms with Gasteiger partial charge in [-0.1, -0.05) is 344 Å². The Morgan fingerprint density at radius 1 is 0.281 bits per heavy atom. The first kappa shape index (κ1) is 94.1. The van der Waals surface area contributed by atoms with Crippen LogP contribution in [0.1, 0.15) is 395 Å². The van der Waals surface area contributed by atoms with Crippen molar-refractivity contribution in [3.05, 3.63) is 0 Å². The third kappa shape index (κ3) is 70.5. The molecule has 0 heterocycles. The van der Waals surface area contributed by atoms with Gasteiger partial charge in [-0.15, -0.1) is 0 Å². The van der Waals surface area contributed by atoms with E-state index in [1.807, 2.05) is 0 Å². The highest BCUT2D eigenvalue weighted by molar-refractivity contribution is 7.47. The predicted octanol–water partition coefficient (Wildman–Crippen LogP) is 22.6. The Bertz CT molecular complexity index is 1870. The SMILES string of the molecule is CCCCCCCCCCCCCCCCCCCCC(=O)OC[C@H](COP(=O)(O)OC[C@@H](O)COP(=O)(O)OC[C@@H](COC(=O)CCCCCCCCC(C)C)OC(=O)CCCCCCCCCCC(C)C)OC(=O)CCCCCCCCCCCCCCCCCC(C)C. The van der Waals surface area contributed by atoms with Gasteiger partial charge in [-0.25, -0.2) is 9.13 Å². The minimum absolute atomic E-state index is 0.103. The van der Waals surface area contributed by atoms with Crippen LogP contribution in [0, 0.1) is 17.8 Å². The van der Waals surface area contributed by atoms with E-state index in [0.717, 1.165) is 108 Å². The molecule has 0 aliphatic heterocycles. The second-order valence-electron chi connectivity index (χ2n) is 29.2. The Kier molecular flexibility index (Phi) is 66.2. The van der Waals surface area contributed by atoms with Crippen LogP contribution in [-0.4, -0.2) is 96.7 Å². The molecule has 0 aromatic heterocycles. The Morgan fingerprint density at radius 2 is 0.479 bits per heavy atom. The number of aliphatic hydroxyl groups is 1. The van der Waals surface area contributed by atoms with Gasteiger partial charge in [0.25, 0.3) is 0 Å². The Hall–Kier alpha value is -1.94. The summed E-state index contributed by atoms with van der Waals surface area (Å²) in [6.07, 6.45) is 54.4. The van der Waals surface area contributed by atoms with E-state index in [1.54, 1.807) is 0 Å². The fraction of sp³-hybridized carbons (Fsp3) is 0.948. The van der Waals surface area contributed by atoms with Crippen molar-refractivity contribution in [3.63, 3.8) is 0 Å². The molecular formula is C77H150O17P2. The van der Waals surface area contributed by atoms with Crippen LogP contribution < -0.4 is 0 Å². The molecule has 0 radical (unpaired) electrons. The van der Waals surface area contributed by atoms with E-state index < -0.39 is 97.5 Å². The molecule has 0 rings (SSSR count). The molecule has 0 saturated carbocycles. The molecule has 0 aromatic carbocycles. The second kappa shape index (κ2) is 67.5. The summed E-state index contributed by atoms with van der Waals surface area (Å²) in [6, 6.07) is 0. The van der Waals surface area contributed by atoms with Crippen molar-refractivity contribution < 1.29 is 80.2 Å². The van der Waals surface area contributed by atoms with Gasteiger partial charge < -0.3 is 33.8 Å². The number of phosphoric acid groups is 2. The lowest BCUT2D eigenvalue weighted by molar-refractivity contribution is -0.161. The van der Waals surface area contributed by atoms with Crippen molar-refractivity contribution >= 4 is 39.5 Å². The van der Waals surface area contributed by atoms with E-state index in [9.17, 15) is 43.2 Å². The van der Waals surface area contributed by atoms with Crippen LogP contribution in [-0.2, 0) is 65.4 Å². The molecule has 0 saturated heterocycles. The van der Waals surface area contributed by atoms with Gasteiger partial charge in [0.05, 0.1) is 26.4 Å². The highest BCUT2D eigenvalue weighted by atomic mass is 31.2. The van der Waals surface area contributed by atoms with E-state index in [0.29, 0.717) is 31.6 Å². The molecule has 0 amide bonds. The van der Waals surface area contributed by atoms with Gasteiger partial charge in [-0.2, -0.15) is 0 Å². The summed E-state index contributed by atoms with van der Waals surface area (Å²) in [5.41, 5.74) is 0. The molecule has 96 heavy (non-hydrogen) atoms. The highest BCUT2D eigenvalue weighted by Crippen LogP contribution is 2.45. The lowest BCUT2D eigenvalue weighted by atomic mass is 10.0. The number of unbranched alkanes of at least 4 members (excludes halogenated alkanes) is 43. The number of hydrogen-bond acceptors (Lipinski definition) is 15. The first-order valence-electron chi connectivity index (χ1n) is 39.8. The van der Waals surface area contributed by atoms with Crippen LogP contribution in [0.4, 0.5) is 0 Å². The maximum Gasteiger partial charge on any atom is 0.472 e. The molecule has 0 aromatic rings. The molecule has 570 valence electrons. The highest BCUT2D eigenvalue weighted by Gasteiger charge is 2.30. The largest absolute Gasteiger partial charge is 0.472 e. The first-order chi connectivity index (χ1) is 46.2. The summed E-state index contributed by atoms with van der Waals surface area (Å²) in [4.78, 5) is 72.8. The van der Waals surface area contributed by atoms with Gasteiger partial charge in [-0.05, 0) is 43.4 Å². The standard InChI is InChI=1S/C77H150O17P2/c1-8-9-10-11-12-13-14-15-16-17-18-21-24-27-30-36-44-51-58-74(79)87-64-72(93-76(81)60-53-46-37-31-28-25-22-19-20-23-26-29-34-41-48-55-68(2)3)66-91-95(83,84)89-62-71(78)63-90-96(85,86)92-67-73(65-88-75(80)59-52-45-40-39-43-50-57-70(6)7)94-77(82)61-54-47-38-33-32-35-42-49-56-69(4)5/h68-73,78H,8-67H2,1-7H3,(H,83,84)(H,85,86)/t71-,72-,73-/m1/s1. The number of carbonyl (C=O) groups is 4. The minimum Gasteiger partial charge on any atom is -0.462 e. The molecule has 5 atom stereocenters. The van der Waals surface area contributed by atoms with E-state index in [1.165, 1.54) is 199 Å². The molecule has 2 unspecified atom stereocenters. The van der Waals surface area contributed by atoms with Gasteiger partial charge in [0.1, 0.15) is 19.3 Å². The topological polar surface area (TPSA) is 237 Å². The van der Waals surface area contributed by atoms with Gasteiger partial charge >= 0.3 is 39.5 Å². The zero-order chi connectivity index (χ0) is 70.9. The predicted molar refractivity (Wildman–Crippen MR) is 391 cm³/mol. The van der Waals surface area contributed by atoms with Crippen molar-refractivity contribution in [1.29, 1.82) is 0 Å². The van der Waals surface area contributed by atoms with E-state index >= 15 is 0 Å². The van der Waals surface area contributed by atoms with Crippen LogP contribution in [0.3, 0.4) is 0 Å². The maximum atomic E-state index is 13.1. The Morgan fingerprint density at radius 3 is 0.708 bits per heavy atom. The maximum absolute atomic E-state index is 13.1. The number of aliphatic hydroxyl groups excluding tert-OH is 1. The molecule has 0 fully saturated rings.